The van der Waals surface area contributed by atoms with Gasteiger partial charge in [0.25, 0.3) is 0 Å². The molecule has 0 unspecified atom stereocenters. The van der Waals surface area contributed by atoms with Crippen LogP contribution in [-0.2, 0) is 9.47 Å². The van der Waals surface area contributed by atoms with Crippen LogP contribution < -0.4 is 0 Å². The van der Waals surface area contributed by atoms with E-state index in [1.54, 1.807) is 12.7 Å². The van der Waals surface area contributed by atoms with Crippen LogP contribution in [0.5, 0.6) is 0 Å². The largest absolute Gasteiger partial charge is 0.501 e. The Balaban J connectivity index is 2.20. The van der Waals surface area contributed by atoms with Gasteiger partial charge in [-0.25, -0.2) is 0 Å². The summed E-state index contributed by atoms with van der Waals surface area (Å²) in [7, 11) is 1.78. The third-order valence-electron chi connectivity index (χ3n) is 4.04. The van der Waals surface area contributed by atoms with Crippen LogP contribution in [0.2, 0.25) is 0 Å². The minimum absolute atomic E-state index is 0.752. The lowest BCUT2D eigenvalue weighted by molar-refractivity contribution is 0.0744. The molecular weight excluding hydrogens is 200 g/mol. The van der Waals surface area contributed by atoms with Gasteiger partial charge in [0, 0.05) is 19.6 Å². The third-order valence-corrected chi connectivity index (χ3v) is 4.04. The zero-order valence-electron chi connectivity index (χ0n) is 10.6. The van der Waals surface area contributed by atoms with Gasteiger partial charge in [-0.05, 0) is 50.2 Å². The number of rotatable bonds is 2. The number of hydrogen-bond acceptors (Lipinski definition) is 2. The van der Waals surface area contributed by atoms with Crippen molar-refractivity contribution < 1.29 is 9.47 Å². The van der Waals surface area contributed by atoms with E-state index < -0.39 is 0 Å². The van der Waals surface area contributed by atoms with E-state index in [1.165, 1.54) is 36.2 Å². The van der Waals surface area contributed by atoms with Crippen molar-refractivity contribution in [3.05, 3.63) is 22.5 Å². The minimum Gasteiger partial charge on any atom is -0.501 e. The fraction of sp³-hybridized carbons (Fsp3) is 0.714. The van der Waals surface area contributed by atoms with Gasteiger partial charge in [-0.2, -0.15) is 0 Å². The molecule has 0 radical (unpaired) electrons. The van der Waals surface area contributed by atoms with E-state index in [4.69, 9.17) is 9.47 Å². The van der Waals surface area contributed by atoms with Crippen LogP contribution in [0.25, 0.3) is 0 Å². The Morgan fingerprint density at radius 3 is 2.38 bits per heavy atom. The van der Waals surface area contributed by atoms with Crippen molar-refractivity contribution in [1.29, 1.82) is 0 Å². The molecule has 90 valence electrons. The summed E-state index contributed by atoms with van der Waals surface area (Å²) < 4.78 is 10.9. The molecule has 1 heterocycles. The topological polar surface area (TPSA) is 18.5 Å². The Hall–Kier alpha value is -0.760. The summed E-state index contributed by atoms with van der Waals surface area (Å²) in [6.07, 6.45) is 4.65. The van der Waals surface area contributed by atoms with Gasteiger partial charge in [0.15, 0.2) is 0 Å². The highest BCUT2D eigenvalue weighted by Crippen LogP contribution is 2.37. The summed E-state index contributed by atoms with van der Waals surface area (Å²) in [6, 6.07) is 0. The number of ether oxygens (including phenoxy) is 2. The summed E-state index contributed by atoms with van der Waals surface area (Å²) in [5, 5.41) is 0. The Morgan fingerprint density at radius 1 is 1.06 bits per heavy atom. The highest BCUT2D eigenvalue weighted by molar-refractivity contribution is 5.39. The summed E-state index contributed by atoms with van der Waals surface area (Å²) in [5.74, 6) is 1.93. The first-order chi connectivity index (χ1) is 7.74. The Labute approximate surface area is 98.3 Å². The smallest absolute Gasteiger partial charge is 0.0990 e. The Morgan fingerprint density at radius 2 is 1.75 bits per heavy atom. The predicted octanol–water partition coefficient (Wildman–Crippen LogP) is 3.44. The lowest BCUT2D eigenvalue weighted by atomic mass is 9.80. The number of methoxy groups -OCH3 is 1. The van der Waals surface area contributed by atoms with Crippen LogP contribution in [0.15, 0.2) is 22.5 Å². The van der Waals surface area contributed by atoms with Crippen molar-refractivity contribution in [2.75, 3.05) is 20.3 Å². The van der Waals surface area contributed by atoms with Gasteiger partial charge in [-0.3, -0.25) is 0 Å². The van der Waals surface area contributed by atoms with Crippen LogP contribution in [-0.4, -0.2) is 20.3 Å². The van der Waals surface area contributed by atoms with Gasteiger partial charge in [-0.1, -0.05) is 5.57 Å². The molecule has 0 saturated carbocycles. The monoisotopic (exact) mass is 222 g/mol. The second-order valence-corrected chi connectivity index (χ2v) is 4.79. The van der Waals surface area contributed by atoms with Crippen molar-refractivity contribution in [3.63, 3.8) is 0 Å². The fourth-order valence-electron chi connectivity index (χ4n) is 2.88. The molecule has 1 aliphatic heterocycles. The van der Waals surface area contributed by atoms with Crippen LogP contribution in [0.3, 0.4) is 0 Å². The lowest BCUT2D eigenvalue weighted by Gasteiger charge is -2.30. The highest BCUT2D eigenvalue weighted by atomic mass is 16.5. The molecule has 0 spiro atoms. The minimum atomic E-state index is 0.752. The Bertz CT molecular complexity index is 320. The normalized spacial score (nSPS) is 23.9. The van der Waals surface area contributed by atoms with Gasteiger partial charge in [-0.15, -0.1) is 0 Å². The van der Waals surface area contributed by atoms with Gasteiger partial charge in [0.05, 0.1) is 12.9 Å². The predicted molar refractivity (Wildman–Crippen MR) is 65.2 cm³/mol. The van der Waals surface area contributed by atoms with Crippen molar-refractivity contribution in [2.24, 2.45) is 5.92 Å². The summed E-state index contributed by atoms with van der Waals surface area (Å²) in [5.41, 5.74) is 4.48. The molecule has 0 atom stereocenters. The molecule has 1 fully saturated rings. The van der Waals surface area contributed by atoms with E-state index in [9.17, 15) is 0 Å². The van der Waals surface area contributed by atoms with Crippen LogP contribution in [0.4, 0.5) is 0 Å². The average molecular weight is 222 g/mol. The highest BCUT2D eigenvalue weighted by Gasteiger charge is 2.24. The maximum Gasteiger partial charge on any atom is 0.0990 e. The van der Waals surface area contributed by atoms with Crippen LogP contribution >= 0.6 is 0 Å². The second kappa shape index (κ2) is 5.05. The molecule has 16 heavy (non-hydrogen) atoms. The van der Waals surface area contributed by atoms with Crippen LogP contribution in [0, 0.1) is 5.92 Å². The van der Waals surface area contributed by atoms with Gasteiger partial charge < -0.3 is 9.47 Å². The zero-order valence-corrected chi connectivity index (χ0v) is 10.6. The van der Waals surface area contributed by atoms with E-state index in [0.29, 0.717) is 0 Å². The molecule has 0 N–H and O–H groups in total. The fourth-order valence-corrected chi connectivity index (χ4v) is 2.88. The van der Waals surface area contributed by atoms with Gasteiger partial charge in [0.1, 0.15) is 0 Å². The molecule has 0 aromatic carbocycles. The van der Waals surface area contributed by atoms with Crippen LogP contribution in [0.1, 0.15) is 39.5 Å². The van der Waals surface area contributed by atoms with Crippen molar-refractivity contribution in [1.82, 2.24) is 0 Å². The quantitative estimate of drug-likeness (QED) is 0.712. The molecule has 2 rings (SSSR count). The summed E-state index contributed by atoms with van der Waals surface area (Å²) >= 11 is 0. The van der Waals surface area contributed by atoms with Gasteiger partial charge >= 0.3 is 0 Å². The molecule has 0 amide bonds. The standard InChI is InChI=1S/C14H22O2/c1-10-11(2)14(15-3)5-4-13(10)12-6-8-16-9-7-12/h12H,4-9H2,1-3H3. The van der Waals surface area contributed by atoms with E-state index >= 15 is 0 Å². The molecule has 0 aromatic heterocycles. The van der Waals surface area contributed by atoms with Crippen molar-refractivity contribution in [3.8, 4) is 0 Å². The Kier molecular flexibility index (Phi) is 3.70. The van der Waals surface area contributed by atoms with Crippen molar-refractivity contribution >= 4 is 0 Å². The van der Waals surface area contributed by atoms with Gasteiger partial charge in [0.2, 0.25) is 0 Å². The lowest BCUT2D eigenvalue weighted by Crippen LogP contribution is -2.20. The molecule has 0 aromatic rings. The van der Waals surface area contributed by atoms with E-state index in [1.807, 2.05) is 0 Å². The second-order valence-electron chi connectivity index (χ2n) is 4.79. The third kappa shape index (κ3) is 2.17. The summed E-state index contributed by atoms with van der Waals surface area (Å²) in [6.45, 7) is 6.30. The van der Waals surface area contributed by atoms with E-state index in [0.717, 1.165) is 25.6 Å². The number of hydrogen-bond donors (Lipinski definition) is 0. The average Bonchev–Trinajstić information content (AvgIpc) is 2.34. The first-order valence-corrected chi connectivity index (χ1v) is 6.25. The molecule has 0 bridgehead atoms. The molecule has 2 heteroatoms. The first-order valence-electron chi connectivity index (χ1n) is 6.25. The maximum atomic E-state index is 5.44. The molecule has 1 saturated heterocycles. The summed E-state index contributed by atoms with van der Waals surface area (Å²) in [4.78, 5) is 0. The maximum absolute atomic E-state index is 5.44. The molecule has 2 nitrogen and oxygen atoms in total. The molecule has 2 aliphatic rings. The van der Waals surface area contributed by atoms with E-state index in [-0.39, 0.29) is 0 Å². The molecular formula is C14H22O2. The zero-order chi connectivity index (χ0) is 11.5. The van der Waals surface area contributed by atoms with Crippen molar-refractivity contribution in [2.45, 2.75) is 39.5 Å². The molecule has 1 aliphatic carbocycles. The number of allylic oxidation sites excluding steroid dienone is 4. The first kappa shape index (κ1) is 11.7. The SMILES string of the molecule is COC1=C(C)C(C)=C(C2CCOCC2)CC1. The van der Waals surface area contributed by atoms with E-state index in [2.05, 4.69) is 13.8 Å².